The molecule has 0 amide bonds. The molecule has 0 unspecified atom stereocenters. The third-order valence-electron chi connectivity index (χ3n) is 1.91. The van der Waals surface area contributed by atoms with Crippen LogP contribution in [0.15, 0.2) is 17.5 Å². The summed E-state index contributed by atoms with van der Waals surface area (Å²) in [7, 11) is 0. The molecule has 0 aliphatic heterocycles. The minimum atomic E-state index is 0.0619. The first-order valence-electron chi connectivity index (χ1n) is 3.68. The van der Waals surface area contributed by atoms with Crippen molar-refractivity contribution in [2.75, 3.05) is 5.73 Å². The summed E-state index contributed by atoms with van der Waals surface area (Å²) in [5.74, 6) is 0.0619. The van der Waals surface area contributed by atoms with E-state index in [0.29, 0.717) is 11.3 Å². The van der Waals surface area contributed by atoms with E-state index in [0.717, 1.165) is 16.4 Å². The zero-order valence-electron chi connectivity index (χ0n) is 6.65. The van der Waals surface area contributed by atoms with Crippen molar-refractivity contribution in [1.29, 1.82) is 0 Å². The third kappa shape index (κ3) is 1.07. The molecule has 2 rings (SSSR count). The van der Waals surface area contributed by atoms with Crippen molar-refractivity contribution in [1.82, 2.24) is 0 Å². The van der Waals surface area contributed by atoms with Gasteiger partial charge in [0.1, 0.15) is 5.75 Å². The summed E-state index contributed by atoms with van der Waals surface area (Å²) < 4.78 is 0.766. The maximum Gasteiger partial charge on any atom is 0.151 e. The maximum atomic E-state index is 10.6. The Morgan fingerprint density at radius 1 is 1.46 bits per heavy atom. The van der Waals surface area contributed by atoms with Gasteiger partial charge in [-0.15, -0.1) is 11.3 Å². The van der Waals surface area contributed by atoms with Gasteiger partial charge < -0.3 is 10.8 Å². The number of fused-ring (bicyclic) bond motifs is 1. The van der Waals surface area contributed by atoms with Crippen molar-refractivity contribution >= 4 is 33.4 Å². The average molecular weight is 193 g/mol. The van der Waals surface area contributed by atoms with Gasteiger partial charge in [0, 0.05) is 16.3 Å². The topological polar surface area (TPSA) is 63.3 Å². The molecule has 0 bridgehead atoms. The lowest BCUT2D eigenvalue weighted by atomic mass is 10.1. The first-order valence-corrected chi connectivity index (χ1v) is 4.56. The van der Waals surface area contributed by atoms with E-state index >= 15 is 0 Å². The molecular formula is C9H7NO2S. The van der Waals surface area contributed by atoms with E-state index in [-0.39, 0.29) is 5.75 Å². The Hall–Kier alpha value is -1.55. The number of hydrogen-bond acceptors (Lipinski definition) is 4. The van der Waals surface area contributed by atoms with E-state index < -0.39 is 0 Å². The van der Waals surface area contributed by atoms with Crippen LogP contribution >= 0.6 is 11.3 Å². The summed E-state index contributed by atoms with van der Waals surface area (Å²) in [6, 6.07) is 3.19. The molecule has 3 nitrogen and oxygen atoms in total. The number of rotatable bonds is 1. The number of benzene rings is 1. The van der Waals surface area contributed by atoms with E-state index in [1.807, 2.05) is 0 Å². The lowest BCUT2D eigenvalue weighted by Crippen LogP contribution is -1.85. The molecule has 0 atom stereocenters. The minimum absolute atomic E-state index is 0.0619. The molecule has 0 spiro atoms. The molecule has 66 valence electrons. The van der Waals surface area contributed by atoms with Crippen LogP contribution in [-0.2, 0) is 0 Å². The zero-order chi connectivity index (χ0) is 9.42. The number of nitrogens with two attached hydrogens (primary N) is 1. The maximum absolute atomic E-state index is 10.6. The quantitative estimate of drug-likeness (QED) is 0.413. The fourth-order valence-electron chi connectivity index (χ4n) is 1.22. The molecular weight excluding hydrogens is 186 g/mol. The summed E-state index contributed by atoms with van der Waals surface area (Å²) in [4.78, 5) is 10.6. The number of hydrogen-bond donors (Lipinski definition) is 2. The molecule has 0 aliphatic rings. The van der Waals surface area contributed by atoms with Crippen molar-refractivity contribution < 1.29 is 9.90 Å². The number of aldehydes is 1. The van der Waals surface area contributed by atoms with Crippen LogP contribution in [0.2, 0.25) is 0 Å². The number of carbonyl (C=O) groups is 1. The minimum Gasteiger partial charge on any atom is -0.506 e. The Morgan fingerprint density at radius 3 is 2.92 bits per heavy atom. The molecule has 0 radical (unpaired) electrons. The summed E-state index contributed by atoms with van der Waals surface area (Å²) in [6.45, 7) is 0. The Balaban J connectivity index is 2.88. The molecule has 4 heteroatoms. The van der Waals surface area contributed by atoms with Crippen molar-refractivity contribution in [3.63, 3.8) is 0 Å². The monoisotopic (exact) mass is 193 g/mol. The van der Waals surface area contributed by atoms with Gasteiger partial charge in [0.05, 0.1) is 10.4 Å². The van der Waals surface area contributed by atoms with Crippen molar-refractivity contribution in [2.24, 2.45) is 0 Å². The van der Waals surface area contributed by atoms with Crippen LogP contribution in [0.1, 0.15) is 10.4 Å². The SMILES string of the molecule is Nc1c(O)ccc2c(C=O)csc12. The Kier molecular flexibility index (Phi) is 1.70. The average Bonchev–Trinajstić information content (AvgIpc) is 2.55. The molecule has 0 saturated heterocycles. The predicted molar refractivity (Wildman–Crippen MR) is 53.3 cm³/mol. The second kappa shape index (κ2) is 2.74. The number of phenols is 1. The summed E-state index contributed by atoms with van der Waals surface area (Å²) >= 11 is 1.36. The Morgan fingerprint density at radius 2 is 2.23 bits per heavy atom. The fourth-order valence-corrected chi connectivity index (χ4v) is 2.19. The molecule has 0 saturated carbocycles. The fraction of sp³-hybridized carbons (Fsp3) is 0. The highest BCUT2D eigenvalue weighted by Gasteiger charge is 2.08. The van der Waals surface area contributed by atoms with Gasteiger partial charge in [-0.05, 0) is 12.1 Å². The Labute approximate surface area is 78.4 Å². The molecule has 3 N–H and O–H groups in total. The summed E-state index contributed by atoms with van der Waals surface area (Å²) in [5, 5.41) is 11.8. The molecule has 1 aromatic carbocycles. The first kappa shape index (κ1) is 8.07. The molecule has 0 fully saturated rings. The number of anilines is 1. The van der Waals surface area contributed by atoms with Crippen molar-refractivity contribution in [3.05, 3.63) is 23.1 Å². The van der Waals surface area contributed by atoms with E-state index in [2.05, 4.69) is 0 Å². The molecule has 1 aromatic heterocycles. The number of thiophene rings is 1. The number of phenolic OH excluding ortho intramolecular Hbond substituents is 1. The number of nitrogen functional groups attached to an aromatic ring is 1. The van der Waals surface area contributed by atoms with Crippen LogP contribution in [0, 0.1) is 0 Å². The van der Waals surface area contributed by atoms with Gasteiger partial charge in [0.25, 0.3) is 0 Å². The second-order valence-corrected chi connectivity index (χ2v) is 3.56. The smallest absolute Gasteiger partial charge is 0.151 e. The predicted octanol–water partition coefficient (Wildman–Crippen LogP) is 2.00. The standard InChI is InChI=1S/C9H7NO2S/c10-8-7(12)2-1-6-5(3-11)4-13-9(6)8/h1-4,12H,10H2. The van der Waals surface area contributed by atoms with Gasteiger partial charge in [0.15, 0.2) is 6.29 Å². The van der Waals surface area contributed by atoms with Gasteiger partial charge >= 0.3 is 0 Å². The van der Waals surface area contributed by atoms with E-state index in [1.54, 1.807) is 11.4 Å². The number of aromatic hydroxyl groups is 1. The lowest BCUT2D eigenvalue weighted by molar-refractivity contribution is 0.112. The highest BCUT2D eigenvalue weighted by atomic mass is 32.1. The van der Waals surface area contributed by atoms with Crippen molar-refractivity contribution in [2.45, 2.75) is 0 Å². The lowest BCUT2D eigenvalue weighted by Gasteiger charge is -1.98. The van der Waals surface area contributed by atoms with Gasteiger partial charge in [-0.3, -0.25) is 4.79 Å². The van der Waals surface area contributed by atoms with Crippen LogP contribution in [0.25, 0.3) is 10.1 Å². The zero-order valence-corrected chi connectivity index (χ0v) is 7.47. The summed E-state index contributed by atoms with van der Waals surface area (Å²) in [5.41, 5.74) is 6.59. The summed E-state index contributed by atoms with van der Waals surface area (Å²) in [6.07, 6.45) is 0.787. The second-order valence-electron chi connectivity index (χ2n) is 2.68. The van der Waals surface area contributed by atoms with Crippen LogP contribution in [0.3, 0.4) is 0 Å². The largest absolute Gasteiger partial charge is 0.506 e. The first-order chi connectivity index (χ1) is 6.24. The Bertz CT molecular complexity index is 476. The van der Waals surface area contributed by atoms with E-state index in [1.165, 1.54) is 17.4 Å². The number of carbonyl (C=O) groups excluding carboxylic acids is 1. The normalized spacial score (nSPS) is 10.5. The van der Waals surface area contributed by atoms with Crippen LogP contribution in [0.4, 0.5) is 5.69 Å². The van der Waals surface area contributed by atoms with Crippen LogP contribution in [0.5, 0.6) is 5.75 Å². The molecule has 0 aliphatic carbocycles. The third-order valence-corrected chi connectivity index (χ3v) is 2.96. The van der Waals surface area contributed by atoms with E-state index in [4.69, 9.17) is 5.73 Å². The highest BCUT2D eigenvalue weighted by Crippen LogP contribution is 2.35. The van der Waals surface area contributed by atoms with Gasteiger partial charge in [-0.2, -0.15) is 0 Å². The van der Waals surface area contributed by atoms with Gasteiger partial charge in [0.2, 0.25) is 0 Å². The molecule has 2 aromatic rings. The van der Waals surface area contributed by atoms with Crippen LogP contribution in [-0.4, -0.2) is 11.4 Å². The van der Waals surface area contributed by atoms with E-state index in [9.17, 15) is 9.90 Å². The van der Waals surface area contributed by atoms with Gasteiger partial charge in [-0.25, -0.2) is 0 Å². The van der Waals surface area contributed by atoms with Gasteiger partial charge in [-0.1, -0.05) is 0 Å². The molecule has 1 heterocycles. The van der Waals surface area contributed by atoms with Crippen molar-refractivity contribution in [3.8, 4) is 5.75 Å². The highest BCUT2D eigenvalue weighted by molar-refractivity contribution is 7.18. The molecule has 13 heavy (non-hydrogen) atoms. The van der Waals surface area contributed by atoms with Crippen LogP contribution < -0.4 is 5.73 Å².